The summed E-state index contributed by atoms with van der Waals surface area (Å²) in [5.41, 5.74) is 0.925. The van der Waals surface area contributed by atoms with E-state index in [9.17, 15) is 4.79 Å². The Balaban J connectivity index is 2.74. The number of methoxy groups -OCH3 is 3. The van der Waals surface area contributed by atoms with Crippen LogP contribution in [0.2, 0.25) is 0 Å². The lowest BCUT2D eigenvalue weighted by Crippen LogP contribution is -2.10. The zero-order valence-electron chi connectivity index (χ0n) is 9.73. The molecule has 0 spiro atoms. The van der Waals surface area contributed by atoms with Crippen LogP contribution in [0.15, 0.2) is 24.3 Å². The summed E-state index contributed by atoms with van der Waals surface area (Å²) in [7, 11) is 4.54. The summed E-state index contributed by atoms with van der Waals surface area (Å²) in [6, 6.07) is 7.41. The Labute approximate surface area is 95.1 Å². The number of rotatable bonds is 5. The van der Waals surface area contributed by atoms with Gasteiger partial charge >= 0.3 is 5.97 Å². The second kappa shape index (κ2) is 6.12. The van der Waals surface area contributed by atoms with Gasteiger partial charge in [-0.1, -0.05) is 12.1 Å². The minimum Gasteiger partial charge on any atom is -0.497 e. The van der Waals surface area contributed by atoms with Crippen LogP contribution in [0.25, 0.3) is 0 Å². The van der Waals surface area contributed by atoms with Gasteiger partial charge in [0.25, 0.3) is 0 Å². The molecule has 88 valence electrons. The maximum Gasteiger partial charge on any atom is 0.308 e. The molecule has 0 amide bonds. The zero-order chi connectivity index (χ0) is 12.0. The van der Waals surface area contributed by atoms with Gasteiger partial charge in [-0.05, 0) is 17.7 Å². The third-order valence-electron chi connectivity index (χ3n) is 2.35. The predicted octanol–water partition coefficient (Wildman–Crippen LogP) is 1.95. The molecular formula is C12H16O4. The van der Waals surface area contributed by atoms with Gasteiger partial charge < -0.3 is 14.2 Å². The van der Waals surface area contributed by atoms with Gasteiger partial charge in [-0.2, -0.15) is 0 Å². The fraction of sp³-hybridized carbons (Fsp3) is 0.417. The topological polar surface area (TPSA) is 44.8 Å². The van der Waals surface area contributed by atoms with Crippen molar-refractivity contribution in [2.24, 2.45) is 0 Å². The molecule has 0 aliphatic rings. The van der Waals surface area contributed by atoms with Crippen LogP contribution in [-0.2, 0) is 14.3 Å². The van der Waals surface area contributed by atoms with Gasteiger partial charge in [0.05, 0.1) is 26.7 Å². The minimum atomic E-state index is -0.289. The number of hydrogen-bond donors (Lipinski definition) is 0. The summed E-state index contributed by atoms with van der Waals surface area (Å²) in [4.78, 5) is 11.2. The minimum absolute atomic E-state index is 0.208. The Morgan fingerprint density at radius 3 is 2.25 bits per heavy atom. The highest BCUT2D eigenvalue weighted by Crippen LogP contribution is 2.23. The van der Waals surface area contributed by atoms with Crippen LogP contribution >= 0.6 is 0 Å². The summed E-state index contributed by atoms with van der Waals surface area (Å²) >= 11 is 0. The van der Waals surface area contributed by atoms with Crippen molar-refractivity contribution >= 4 is 5.97 Å². The fourth-order valence-electron chi connectivity index (χ4n) is 1.39. The van der Waals surface area contributed by atoms with Crippen molar-refractivity contribution in [2.75, 3.05) is 21.3 Å². The smallest absolute Gasteiger partial charge is 0.308 e. The van der Waals surface area contributed by atoms with E-state index in [-0.39, 0.29) is 18.5 Å². The quantitative estimate of drug-likeness (QED) is 0.717. The number of esters is 1. The third kappa shape index (κ3) is 3.24. The molecule has 0 aromatic heterocycles. The molecule has 16 heavy (non-hydrogen) atoms. The van der Waals surface area contributed by atoms with Gasteiger partial charge in [-0.25, -0.2) is 0 Å². The second-order valence-corrected chi connectivity index (χ2v) is 3.28. The molecule has 0 fully saturated rings. The highest BCUT2D eigenvalue weighted by atomic mass is 16.5. The molecule has 0 N–H and O–H groups in total. The number of carbonyl (C=O) groups is 1. The van der Waals surface area contributed by atoms with Gasteiger partial charge in [0.1, 0.15) is 5.75 Å². The molecule has 1 atom stereocenters. The lowest BCUT2D eigenvalue weighted by Gasteiger charge is -2.14. The van der Waals surface area contributed by atoms with E-state index in [0.29, 0.717) is 0 Å². The molecule has 4 nitrogen and oxygen atoms in total. The second-order valence-electron chi connectivity index (χ2n) is 3.28. The van der Waals surface area contributed by atoms with E-state index in [1.807, 2.05) is 24.3 Å². The number of ether oxygens (including phenoxy) is 3. The van der Waals surface area contributed by atoms with Crippen molar-refractivity contribution in [3.63, 3.8) is 0 Å². The molecule has 0 radical (unpaired) electrons. The maximum atomic E-state index is 11.2. The first kappa shape index (κ1) is 12.5. The standard InChI is InChI=1S/C12H16O4/c1-14-10-6-4-9(5-7-10)11(15-2)8-12(13)16-3/h4-7,11H,8H2,1-3H3. The van der Waals surface area contributed by atoms with Crippen molar-refractivity contribution < 1.29 is 19.0 Å². The first-order chi connectivity index (χ1) is 7.71. The number of carbonyl (C=O) groups excluding carboxylic acids is 1. The van der Waals surface area contributed by atoms with Crippen LogP contribution in [0.4, 0.5) is 0 Å². The Hall–Kier alpha value is -1.55. The number of hydrogen-bond acceptors (Lipinski definition) is 4. The van der Waals surface area contributed by atoms with Crippen molar-refractivity contribution in [1.82, 2.24) is 0 Å². The molecule has 1 aromatic carbocycles. The maximum absolute atomic E-state index is 11.2. The van der Waals surface area contributed by atoms with E-state index in [2.05, 4.69) is 4.74 Å². The Bertz CT molecular complexity index is 331. The first-order valence-corrected chi connectivity index (χ1v) is 4.94. The van der Waals surface area contributed by atoms with Crippen LogP contribution < -0.4 is 4.74 Å². The van der Waals surface area contributed by atoms with E-state index >= 15 is 0 Å². The van der Waals surface area contributed by atoms with Crippen molar-refractivity contribution in [1.29, 1.82) is 0 Å². The van der Waals surface area contributed by atoms with Crippen LogP contribution in [-0.4, -0.2) is 27.3 Å². The SMILES string of the molecule is COC(=O)CC(OC)c1ccc(OC)cc1. The molecule has 0 aliphatic heterocycles. The van der Waals surface area contributed by atoms with E-state index < -0.39 is 0 Å². The predicted molar refractivity (Wildman–Crippen MR) is 59.4 cm³/mol. The lowest BCUT2D eigenvalue weighted by molar-refractivity contribution is -0.143. The van der Waals surface area contributed by atoms with Gasteiger partial charge in [-0.15, -0.1) is 0 Å². The molecule has 0 aliphatic carbocycles. The van der Waals surface area contributed by atoms with E-state index in [4.69, 9.17) is 9.47 Å². The molecule has 1 aromatic rings. The fourth-order valence-corrected chi connectivity index (χ4v) is 1.39. The van der Waals surface area contributed by atoms with Gasteiger partial charge in [0.2, 0.25) is 0 Å². The highest BCUT2D eigenvalue weighted by molar-refractivity contribution is 5.70. The zero-order valence-corrected chi connectivity index (χ0v) is 9.73. The molecule has 0 heterocycles. The molecule has 0 saturated carbocycles. The van der Waals surface area contributed by atoms with Crippen molar-refractivity contribution in [3.8, 4) is 5.75 Å². The Morgan fingerprint density at radius 2 is 1.81 bits per heavy atom. The highest BCUT2D eigenvalue weighted by Gasteiger charge is 2.15. The van der Waals surface area contributed by atoms with Crippen molar-refractivity contribution in [3.05, 3.63) is 29.8 Å². The summed E-state index contributed by atoms with van der Waals surface area (Å²) in [6.45, 7) is 0. The molecule has 1 unspecified atom stereocenters. The first-order valence-electron chi connectivity index (χ1n) is 4.94. The third-order valence-corrected chi connectivity index (χ3v) is 2.35. The van der Waals surface area contributed by atoms with Gasteiger partial charge in [-0.3, -0.25) is 4.79 Å². The molecule has 4 heteroatoms. The summed E-state index contributed by atoms with van der Waals surface area (Å²) in [5.74, 6) is 0.485. The lowest BCUT2D eigenvalue weighted by atomic mass is 10.1. The van der Waals surface area contributed by atoms with Crippen LogP contribution in [0.1, 0.15) is 18.1 Å². The van der Waals surface area contributed by atoms with Gasteiger partial charge in [0.15, 0.2) is 0 Å². The molecule has 0 bridgehead atoms. The number of benzene rings is 1. The largest absolute Gasteiger partial charge is 0.497 e. The van der Waals surface area contributed by atoms with Crippen LogP contribution in [0.3, 0.4) is 0 Å². The van der Waals surface area contributed by atoms with E-state index in [1.54, 1.807) is 14.2 Å². The molecule has 1 rings (SSSR count). The summed E-state index contributed by atoms with van der Waals surface area (Å²) in [5, 5.41) is 0. The van der Waals surface area contributed by atoms with Crippen LogP contribution in [0.5, 0.6) is 5.75 Å². The van der Waals surface area contributed by atoms with E-state index in [1.165, 1.54) is 7.11 Å². The summed E-state index contributed by atoms with van der Waals surface area (Å²) in [6.07, 6.45) is -0.0716. The Kier molecular flexibility index (Phi) is 4.79. The summed E-state index contributed by atoms with van der Waals surface area (Å²) < 4.78 is 14.9. The van der Waals surface area contributed by atoms with Crippen molar-refractivity contribution in [2.45, 2.75) is 12.5 Å². The average Bonchev–Trinajstić information content (AvgIpc) is 2.35. The average molecular weight is 224 g/mol. The normalized spacial score (nSPS) is 11.9. The molecule has 0 saturated heterocycles. The monoisotopic (exact) mass is 224 g/mol. The van der Waals surface area contributed by atoms with Gasteiger partial charge in [0, 0.05) is 7.11 Å². The Morgan fingerprint density at radius 1 is 1.19 bits per heavy atom. The van der Waals surface area contributed by atoms with E-state index in [0.717, 1.165) is 11.3 Å². The van der Waals surface area contributed by atoms with Crippen LogP contribution in [0, 0.1) is 0 Å². The molecular weight excluding hydrogens is 208 g/mol.